The molecule has 3 N–H and O–H groups in total. The number of rotatable bonds is 3. The van der Waals surface area contributed by atoms with E-state index >= 15 is 0 Å². The maximum atomic E-state index is 11.9. The summed E-state index contributed by atoms with van der Waals surface area (Å²) >= 11 is 0. The molecule has 21 heavy (non-hydrogen) atoms. The quantitative estimate of drug-likeness (QED) is 0.718. The molecule has 0 radical (unpaired) electrons. The standard InChI is InChI=1S/C16H12N2O3/c17-16(21)15-10-5-1-2-6-11(10)18-12-7-3-4-9(14(12)15)8-13(19)20/h1-7H,8H2,(H2,17,21)(H,19,20). The minimum Gasteiger partial charge on any atom is -0.481 e. The largest absolute Gasteiger partial charge is 0.481 e. The molecule has 0 aliphatic heterocycles. The maximum Gasteiger partial charge on any atom is 0.307 e. The number of benzene rings is 2. The summed E-state index contributed by atoms with van der Waals surface area (Å²) in [5.41, 5.74) is 7.62. The molecule has 0 atom stereocenters. The predicted octanol–water partition coefficient (Wildman–Crippen LogP) is 2.11. The zero-order valence-corrected chi connectivity index (χ0v) is 11.0. The fraction of sp³-hybridized carbons (Fsp3) is 0.0625. The Morgan fingerprint density at radius 3 is 2.48 bits per heavy atom. The monoisotopic (exact) mass is 280 g/mol. The van der Waals surface area contributed by atoms with Crippen molar-refractivity contribution in [2.75, 3.05) is 0 Å². The highest BCUT2D eigenvalue weighted by Crippen LogP contribution is 2.28. The number of hydrogen-bond donors (Lipinski definition) is 2. The second kappa shape index (κ2) is 4.86. The number of carboxylic acid groups (broad SMARTS) is 1. The number of primary amides is 1. The first-order chi connectivity index (χ1) is 10.1. The number of carbonyl (C=O) groups excluding carboxylic acids is 1. The van der Waals surface area contributed by atoms with Gasteiger partial charge in [0.15, 0.2) is 0 Å². The van der Waals surface area contributed by atoms with Gasteiger partial charge in [-0.05, 0) is 17.7 Å². The zero-order chi connectivity index (χ0) is 15.0. The predicted molar refractivity (Wildman–Crippen MR) is 79.1 cm³/mol. The molecule has 1 heterocycles. The van der Waals surface area contributed by atoms with E-state index in [4.69, 9.17) is 10.8 Å². The van der Waals surface area contributed by atoms with Crippen molar-refractivity contribution in [3.8, 4) is 0 Å². The second-order valence-electron chi connectivity index (χ2n) is 4.75. The van der Waals surface area contributed by atoms with E-state index in [1.165, 1.54) is 0 Å². The molecule has 0 saturated heterocycles. The molecule has 3 rings (SSSR count). The van der Waals surface area contributed by atoms with Crippen molar-refractivity contribution in [3.05, 3.63) is 53.6 Å². The Bertz CT molecular complexity index is 887. The van der Waals surface area contributed by atoms with E-state index in [-0.39, 0.29) is 6.42 Å². The van der Waals surface area contributed by atoms with Gasteiger partial charge in [-0.1, -0.05) is 30.3 Å². The van der Waals surface area contributed by atoms with E-state index in [9.17, 15) is 9.59 Å². The number of aliphatic carboxylic acids is 1. The van der Waals surface area contributed by atoms with Crippen molar-refractivity contribution in [2.24, 2.45) is 5.73 Å². The molecule has 0 aliphatic rings. The lowest BCUT2D eigenvalue weighted by molar-refractivity contribution is -0.136. The molecule has 0 bridgehead atoms. The van der Waals surface area contributed by atoms with Gasteiger partial charge < -0.3 is 10.8 Å². The molecule has 3 aromatic rings. The zero-order valence-electron chi connectivity index (χ0n) is 11.0. The summed E-state index contributed by atoms with van der Waals surface area (Å²) in [5.74, 6) is -1.55. The second-order valence-corrected chi connectivity index (χ2v) is 4.75. The number of nitrogens with zero attached hydrogens (tertiary/aromatic N) is 1. The van der Waals surface area contributed by atoms with Crippen molar-refractivity contribution in [3.63, 3.8) is 0 Å². The number of carbonyl (C=O) groups is 2. The fourth-order valence-electron chi connectivity index (χ4n) is 2.58. The molecule has 1 amide bonds. The summed E-state index contributed by atoms with van der Waals surface area (Å²) in [7, 11) is 0. The van der Waals surface area contributed by atoms with Crippen LogP contribution in [0.4, 0.5) is 0 Å². The fourth-order valence-corrected chi connectivity index (χ4v) is 2.58. The van der Waals surface area contributed by atoms with Crippen LogP contribution in [-0.4, -0.2) is 22.0 Å². The average Bonchev–Trinajstić information content (AvgIpc) is 2.44. The summed E-state index contributed by atoms with van der Waals surface area (Å²) in [4.78, 5) is 27.4. The van der Waals surface area contributed by atoms with E-state index in [0.717, 1.165) is 0 Å². The molecule has 1 aromatic heterocycles. The van der Waals surface area contributed by atoms with E-state index < -0.39 is 11.9 Å². The summed E-state index contributed by atoms with van der Waals surface area (Å²) in [5, 5.41) is 10.2. The maximum absolute atomic E-state index is 11.9. The first-order valence-corrected chi connectivity index (χ1v) is 6.40. The van der Waals surface area contributed by atoms with Crippen molar-refractivity contribution >= 4 is 33.7 Å². The topological polar surface area (TPSA) is 93.3 Å². The summed E-state index contributed by atoms with van der Waals surface area (Å²) in [6, 6.07) is 12.3. The molecular weight excluding hydrogens is 268 g/mol. The average molecular weight is 280 g/mol. The molecule has 2 aromatic carbocycles. The van der Waals surface area contributed by atoms with Gasteiger partial charge in [0.2, 0.25) is 5.91 Å². The number of amides is 1. The van der Waals surface area contributed by atoms with E-state index in [1.54, 1.807) is 36.4 Å². The number of para-hydroxylation sites is 1. The Morgan fingerprint density at radius 1 is 1.05 bits per heavy atom. The summed E-state index contributed by atoms with van der Waals surface area (Å²) in [6.45, 7) is 0. The Hall–Kier alpha value is -2.95. The smallest absolute Gasteiger partial charge is 0.307 e. The number of carboxylic acids is 1. The molecular formula is C16H12N2O3. The van der Waals surface area contributed by atoms with Crippen LogP contribution in [0.2, 0.25) is 0 Å². The SMILES string of the molecule is NC(=O)c1c2ccccc2nc2cccc(CC(=O)O)c12. The van der Waals surface area contributed by atoms with Gasteiger partial charge in [-0.2, -0.15) is 0 Å². The normalized spacial score (nSPS) is 10.9. The first kappa shape index (κ1) is 13.1. The van der Waals surface area contributed by atoms with Crippen molar-refractivity contribution in [1.29, 1.82) is 0 Å². The Balaban J connectivity index is 2.50. The van der Waals surface area contributed by atoms with Gasteiger partial charge in [-0.15, -0.1) is 0 Å². The Morgan fingerprint density at radius 2 is 1.76 bits per heavy atom. The minimum atomic E-state index is -0.967. The summed E-state index contributed by atoms with van der Waals surface area (Å²) in [6.07, 6.45) is -0.183. The first-order valence-electron chi connectivity index (χ1n) is 6.40. The highest BCUT2D eigenvalue weighted by Gasteiger charge is 2.17. The van der Waals surface area contributed by atoms with Crippen LogP contribution in [0.5, 0.6) is 0 Å². The number of aromatic nitrogens is 1. The van der Waals surface area contributed by atoms with Gasteiger partial charge in [0.25, 0.3) is 0 Å². The van der Waals surface area contributed by atoms with Gasteiger partial charge in [-0.3, -0.25) is 9.59 Å². The summed E-state index contributed by atoms with van der Waals surface area (Å²) < 4.78 is 0. The van der Waals surface area contributed by atoms with Crippen LogP contribution in [0.3, 0.4) is 0 Å². The number of nitrogens with two attached hydrogens (primary N) is 1. The Labute approximate surface area is 120 Å². The molecule has 5 heteroatoms. The van der Waals surface area contributed by atoms with Crippen LogP contribution in [0, 0.1) is 0 Å². The lowest BCUT2D eigenvalue weighted by atomic mass is 9.96. The number of hydrogen-bond acceptors (Lipinski definition) is 3. The highest BCUT2D eigenvalue weighted by molar-refractivity contribution is 6.16. The van der Waals surface area contributed by atoms with Gasteiger partial charge in [0.05, 0.1) is 23.0 Å². The third-order valence-corrected chi connectivity index (χ3v) is 3.38. The molecule has 0 unspecified atom stereocenters. The molecule has 5 nitrogen and oxygen atoms in total. The highest BCUT2D eigenvalue weighted by atomic mass is 16.4. The minimum absolute atomic E-state index is 0.183. The van der Waals surface area contributed by atoms with Crippen LogP contribution in [0.1, 0.15) is 15.9 Å². The third kappa shape index (κ3) is 2.18. The van der Waals surface area contributed by atoms with Crippen LogP contribution >= 0.6 is 0 Å². The molecule has 0 fully saturated rings. The van der Waals surface area contributed by atoms with Gasteiger partial charge >= 0.3 is 5.97 Å². The number of pyridine rings is 1. The van der Waals surface area contributed by atoms with E-state index in [2.05, 4.69) is 4.98 Å². The van der Waals surface area contributed by atoms with E-state index in [0.29, 0.717) is 32.9 Å². The van der Waals surface area contributed by atoms with Crippen LogP contribution in [0.15, 0.2) is 42.5 Å². The lowest BCUT2D eigenvalue weighted by Crippen LogP contribution is -2.14. The molecule has 0 spiro atoms. The van der Waals surface area contributed by atoms with Gasteiger partial charge in [0, 0.05) is 10.8 Å². The molecule has 104 valence electrons. The Kier molecular flexibility index (Phi) is 3.02. The van der Waals surface area contributed by atoms with Crippen molar-refractivity contribution < 1.29 is 14.7 Å². The number of fused-ring (bicyclic) bond motifs is 2. The van der Waals surface area contributed by atoms with E-state index in [1.807, 2.05) is 6.07 Å². The van der Waals surface area contributed by atoms with Gasteiger partial charge in [-0.25, -0.2) is 4.98 Å². The lowest BCUT2D eigenvalue weighted by Gasteiger charge is -2.11. The van der Waals surface area contributed by atoms with Crippen LogP contribution in [0.25, 0.3) is 21.8 Å². The van der Waals surface area contributed by atoms with Crippen molar-refractivity contribution in [2.45, 2.75) is 6.42 Å². The molecule has 0 aliphatic carbocycles. The van der Waals surface area contributed by atoms with Crippen molar-refractivity contribution in [1.82, 2.24) is 4.98 Å². The van der Waals surface area contributed by atoms with Crippen LogP contribution < -0.4 is 5.73 Å². The van der Waals surface area contributed by atoms with Crippen LogP contribution in [-0.2, 0) is 11.2 Å². The molecule has 0 saturated carbocycles. The third-order valence-electron chi connectivity index (χ3n) is 3.38. The van der Waals surface area contributed by atoms with Gasteiger partial charge in [0.1, 0.15) is 0 Å².